The van der Waals surface area contributed by atoms with Crippen molar-refractivity contribution in [3.8, 4) is 0 Å². The van der Waals surface area contributed by atoms with Gasteiger partial charge in [0, 0.05) is 32.7 Å². The summed E-state index contributed by atoms with van der Waals surface area (Å²) in [6, 6.07) is 0.685. The summed E-state index contributed by atoms with van der Waals surface area (Å²) in [7, 11) is 2.38. The molecule has 1 aliphatic carbocycles. The standard InChI is InChI=1S/C14H32N4O2S/c1-5-18(13-7-11-16(2)3)21(19,20)17(4)12-6-10-15-14-8-9-14/h14-15H,5-13H2,1-4H3. The molecule has 0 spiro atoms. The molecule has 0 amide bonds. The Morgan fingerprint density at radius 1 is 1.05 bits per heavy atom. The topological polar surface area (TPSA) is 55.9 Å². The molecule has 1 aliphatic rings. The first-order chi connectivity index (χ1) is 9.87. The van der Waals surface area contributed by atoms with E-state index >= 15 is 0 Å². The van der Waals surface area contributed by atoms with Crippen molar-refractivity contribution >= 4 is 10.2 Å². The summed E-state index contributed by atoms with van der Waals surface area (Å²) in [6.45, 7) is 5.39. The van der Waals surface area contributed by atoms with E-state index in [4.69, 9.17) is 0 Å². The van der Waals surface area contributed by atoms with Crippen molar-refractivity contribution in [2.45, 2.75) is 38.6 Å². The Kier molecular flexibility index (Phi) is 8.12. The van der Waals surface area contributed by atoms with Gasteiger partial charge >= 0.3 is 0 Å². The van der Waals surface area contributed by atoms with E-state index in [1.165, 1.54) is 17.1 Å². The third-order valence-corrected chi connectivity index (χ3v) is 5.81. The molecule has 0 heterocycles. The van der Waals surface area contributed by atoms with Crippen LogP contribution in [0, 0.1) is 0 Å². The lowest BCUT2D eigenvalue weighted by molar-refractivity contribution is 0.333. The first-order valence-corrected chi connectivity index (χ1v) is 9.37. The smallest absolute Gasteiger partial charge is 0.281 e. The van der Waals surface area contributed by atoms with Crippen LogP contribution in [0.1, 0.15) is 32.6 Å². The lowest BCUT2D eigenvalue weighted by Gasteiger charge is -2.27. The monoisotopic (exact) mass is 320 g/mol. The van der Waals surface area contributed by atoms with Gasteiger partial charge < -0.3 is 10.2 Å². The first kappa shape index (κ1) is 18.8. The second-order valence-corrected chi connectivity index (χ2v) is 8.10. The zero-order valence-corrected chi connectivity index (χ0v) is 14.8. The minimum absolute atomic E-state index is 0.528. The molecule has 0 unspecified atom stereocenters. The van der Waals surface area contributed by atoms with Gasteiger partial charge in [0.25, 0.3) is 10.2 Å². The fourth-order valence-corrected chi connectivity index (χ4v) is 3.65. The average Bonchev–Trinajstić information content (AvgIpc) is 3.23. The molecule has 21 heavy (non-hydrogen) atoms. The Bertz CT molecular complexity index is 382. The SMILES string of the molecule is CCN(CCCN(C)C)S(=O)(=O)N(C)CCCNC1CC1. The molecular formula is C14H32N4O2S. The molecule has 7 heteroatoms. The number of nitrogens with zero attached hydrogens (tertiary/aromatic N) is 3. The van der Waals surface area contributed by atoms with Crippen LogP contribution >= 0.6 is 0 Å². The van der Waals surface area contributed by atoms with E-state index in [0.717, 1.165) is 25.9 Å². The van der Waals surface area contributed by atoms with E-state index < -0.39 is 10.2 Å². The van der Waals surface area contributed by atoms with Gasteiger partial charge in [-0.1, -0.05) is 6.92 Å². The highest BCUT2D eigenvalue weighted by molar-refractivity contribution is 7.86. The lowest BCUT2D eigenvalue weighted by Crippen LogP contribution is -2.43. The van der Waals surface area contributed by atoms with E-state index in [1.54, 1.807) is 11.4 Å². The van der Waals surface area contributed by atoms with Crippen LogP contribution in [-0.2, 0) is 10.2 Å². The van der Waals surface area contributed by atoms with Crippen LogP contribution in [0.2, 0.25) is 0 Å². The van der Waals surface area contributed by atoms with Gasteiger partial charge in [-0.05, 0) is 52.9 Å². The maximum absolute atomic E-state index is 12.5. The number of hydrogen-bond donors (Lipinski definition) is 1. The summed E-state index contributed by atoms with van der Waals surface area (Å²) in [6.07, 6.45) is 4.26. The molecule has 1 fully saturated rings. The van der Waals surface area contributed by atoms with Gasteiger partial charge in [-0.25, -0.2) is 0 Å². The molecule has 0 aromatic heterocycles. The Labute approximate surface area is 130 Å². The summed E-state index contributed by atoms with van der Waals surface area (Å²) in [5.41, 5.74) is 0. The molecule has 0 aromatic rings. The highest BCUT2D eigenvalue weighted by Gasteiger charge is 2.25. The summed E-state index contributed by atoms with van der Waals surface area (Å²) < 4.78 is 28.1. The fraction of sp³-hybridized carbons (Fsp3) is 1.00. The maximum Gasteiger partial charge on any atom is 0.281 e. The summed E-state index contributed by atoms with van der Waals surface area (Å²) in [5.74, 6) is 0. The van der Waals surface area contributed by atoms with Gasteiger partial charge in [-0.15, -0.1) is 0 Å². The predicted molar refractivity (Wildman–Crippen MR) is 87.6 cm³/mol. The minimum Gasteiger partial charge on any atom is -0.314 e. The average molecular weight is 321 g/mol. The molecule has 0 aromatic carbocycles. The van der Waals surface area contributed by atoms with Gasteiger partial charge in [0.05, 0.1) is 0 Å². The van der Waals surface area contributed by atoms with Crippen molar-refractivity contribution in [2.75, 3.05) is 53.9 Å². The lowest BCUT2D eigenvalue weighted by atomic mass is 10.4. The van der Waals surface area contributed by atoms with Gasteiger partial charge in [0.15, 0.2) is 0 Å². The molecule has 6 nitrogen and oxygen atoms in total. The first-order valence-electron chi connectivity index (χ1n) is 7.97. The van der Waals surface area contributed by atoms with E-state index in [9.17, 15) is 8.42 Å². The Morgan fingerprint density at radius 3 is 2.24 bits per heavy atom. The number of nitrogens with one attached hydrogen (secondary N) is 1. The predicted octanol–water partition coefficient (Wildman–Crippen LogP) is 0.579. The fourth-order valence-electron chi connectivity index (χ4n) is 2.21. The van der Waals surface area contributed by atoms with Crippen LogP contribution in [-0.4, -0.2) is 81.8 Å². The minimum atomic E-state index is -3.31. The van der Waals surface area contributed by atoms with Crippen LogP contribution in [0.25, 0.3) is 0 Å². The second-order valence-electron chi connectivity index (χ2n) is 6.06. The van der Waals surface area contributed by atoms with Crippen LogP contribution in [0.4, 0.5) is 0 Å². The number of hydrogen-bond acceptors (Lipinski definition) is 4. The van der Waals surface area contributed by atoms with E-state index in [-0.39, 0.29) is 0 Å². The largest absolute Gasteiger partial charge is 0.314 e. The van der Waals surface area contributed by atoms with Crippen LogP contribution < -0.4 is 5.32 Å². The zero-order chi connectivity index (χ0) is 15.9. The molecule has 0 atom stereocenters. The van der Waals surface area contributed by atoms with Crippen LogP contribution in [0.5, 0.6) is 0 Å². The quantitative estimate of drug-likeness (QED) is 0.535. The molecular weight excluding hydrogens is 288 g/mol. The third kappa shape index (κ3) is 7.06. The molecule has 1 saturated carbocycles. The van der Waals surface area contributed by atoms with Crippen molar-refractivity contribution < 1.29 is 8.42 Å². The molecule has 1 rings (SSSR count). The van der Waals surface area contributed by atoms with Crippen molar-refractivity contribution in [1.82, 2.24) is 18.8 Å². The summed E-state index contributed by atoms with van der Waals surface area (Å²) in [5, 5.41) is 3.41. The van der Waals surface area contributed by atoms with Crippen molar-refractivity contribution in [2.24, 2.45) is 0 Å². The zero-order valence-electron chi connectivity index (χ0n) is 14.0. The van der Waals surface area contributed by atoms with E-state index in [0.29, 0.717) is 25.7 Å². The van der Waals surface area contributed by atoms with Crippen LogP contribution in [0.3, 0.4) is 0 Å². The Hall–Kier alpha value is -0.210. The third-order valence-electron chi connectivity index (χ3n) is 3.75. The van der Waals surface area contributed by atoms with Crippen molar-refractivity contribution in [3.63, 3.8) is 0 Å². The highest BCUT2D eigenvalue weighted by atomic mass is 32.2. The van der Waals surface area contributed by atoms with Crippen molar-refractivity contribution in [1.29, 1.82) is 0 Å². The molecule has 0 aliphatic heterocycles. The van der Waals surface area contributed by atoms with E-state index in [1.807, 2.05) is 21.0 Å². The Morgan fingerprint density at radius 2 is 1.71 bits per heavy atom. The van der Waals surface area contributed by atoms with Crippen molar-refractivity contribution in [3.05, 3.63) is 0 Å². The summed E-state index contributed by atoms with van der Waals surface area (Å²) in [4.78, 5) is 2.08. The maximum atomic E-state index is 12.5. The van der Waals surface area contributed by atoms with Gasteiger partial charge in [0.2, 0.25) is 0 Å². The Balaban J connectivity index is 2.34. The second kappa shape index (κ2) is 9.05. The van der Waals surface area contributed by atoms with Gasteiger partial charge in [-0.2, -0.15) is 17.0 Å². The van der Waals surface area contributed by atoms with Gasteiger partial charge in [-0.3, -0.25) is 0 Å². The molecule has 0 bridgehead atoms. The normalized spacial score (nSPS) is 16.3. The van der Waals surface area contributed by atoms with Gasteiger partial charge in [0.1, 0.15) is 0 Å². The summed E-state index contributed by atoms with van der Waals surface area (Å²) >= 11 is 0. The molecule has 0 saturated heterocycles. The highest BCUT2D eigenvalue weighted by Crippen LogP contribution is 2.18. The molecule has 126 valence electrons. The van der Waals surface area contributed by atoms with Crippen LogP contribution in [0.15, 0.2) is 0 Å². The molecule has 1 N–H and O–H groups in total. The van der Waals surface area contributed by atoms with E-state index in [2.05, 4.69) is 10.2 Å². The molecule has 0 radical (unpaired) electrons. The number of rotatable bonds is 12.